The van der Waals surface area contributed by atoms with Crippen LogP contribution in [0.1, 0.15) is 21.6 Å². The molecule has 0 radical (unpaired) electrons. The summed E-state index contributed by atoms with van der Waals surface area (Å²) >= 11 is 5.27. The summed E-state index contributed by atoms with van der Waals surface area (Å²) in [7, 11) is 2.11. The molecule has 2 aromatic heterocycles. The van der Waals surface area contributed by atoms with Gasteiger partial charge in [0.25, 0.3) is 5.91 Å². The van der Waals surface area contributed by atoms with Crippen LogP contribution in [-0.2, 0) is 6.54 Å². The van der Waals surface area contributed by atoms with Gasteiger partial charge in [-0.15, -0.1) is 11.3 Å². The van der Waals surface area contributed by atoms with Gasteiger partial charge in [0.1, 0.15) is 5.69 Å². The Hall–Kier alpha value is -1.63. The SMILES string of the molecule is Cc1ccccc1Cn1c(C(=O)N2CCN(C)CC2)cc2sc(Br)cc21. The lowest BCUT2D eigenvalue weighted by Gasteiger charge is -2.32. The average Bonchev–Trinajstić information content (AvgIpc) is 3.14. The van der Waals surface area contributed by atoms with Crippen molar-refractivity contribution in [2.75, 3.05) is 33.2 Å². The number of aryl methyl sites for hydroxylation is 1. The third kappa shape index (κ3) is 3.33. The van der Waals surface area contributed by atoms with Crippen molar-refractivity contribution in [1.29, 1.82) is 0 Å². The molecular weight excluding hydrogens is 410 g/mol. The molecule has 0 saturated carbocycles. The summed E-state index contributed by atoms with van der Waals surface area (Å²) in [5, 5.41) is 0. The van der Waals surface area contributed by atoms with Crippen molar-refractivity contribution < 1.29 is 4.79 Å². The minimum atomic E-state index is 0.145. The topological polar surface area (TPSA) is 28.5 Å². The summed E-state index contributed by atoms with van der Waals surface area (Å²) in [4.78, 5) is 17.5. The molecule has 1 aliphatic rings. The van der Waals surface area contributed by atoms with Crippen molar-refractivity contribution in [1.82, 2.24) is 14.4 Å². The number of halogens is 1. The first-order valence-corrected chi connectivity index (χ1v) is 10.4. The van der Waals surface area contributed by atoms with Crippen molar-refractivity contribution >= 4 is 43.4 Å². The van der Waals surface area contributed by atoms with Crippen molar-refractivity contribution in [2.45, 2.75) is 13.5 Å². The number of nitrogens with zero attached hydrogens (tertiary/aromatic N) is 3. The first-order chi connectivity index (χ1) is 12.5. The van der Waals surface area contributed by atoms with Crippen LogP contribution in [0.15, 0.2) is 40.2 Å². The zero-order valence-corrected chi connectivity index (χ0v) is 17.4. The minimum Gasteiger partial charge on any atom is -0.335 e. The molecule has 1 saturated heterocycles. The number of hydrogen-bond acceptors (Lipinski definition) is 3. The van der Waals surface area contributed by atoms with E-state index < -0.39 is 0 Å². The molecule has 1 aliphatic heterocycles. The summed E-state index contributed by atoms with van der Waals surface area (Å²) in [6.45, 7) is 6.30. The normalized spacial score (nSPS) is 15.7. The van der Waals surface area contributed by atoms with Crippen LogP contribution in [0, 0.1) is 6.92 Å². The van der Waals surface area contributed by atoms with E-state index in [4.69, 9.17) is 0 Å². The lowest BCUT2D eigenvalue weighted by molar-refractivity contribution is 0.0654. The van der Waals surface area contributed by atoms with Crippen LogP contribution in [-0.4, -0.2) is 53.5 Å². The Morgan fingerprint density at radius 3 is 2.62 bits per heavy atom. The number of carbonyl (C=O) groups is 1. The Balaban J connectivity index is 1.73. The lowest BCUT2D eigenvalue weighted by atomic mass is 10.1. The molecule has 4 nitrogen and oxygen atoms in total. The standard InChI is InChI=1S/C20H22BrN3OS/c1-14-5-3-4-6-15(14)13-24-16-12-19(21)26-18(16)11-17(24)20(25)23-9-7-22(2)8-10-23/h3-6,11-12H,7-10,13H2,1-2H3. The highest BCUT2D eigenvalue weighted by atomic mass is 79.9. The van der Waals surface area contributed by atoms with Crippen LogP contribution in [0.3, 0.4) is 0 Å². The van der Waals surface area contributed by atoms with Gasteiger partial charge in [0.15, 0.2) is 0 Å². The van der Waals surface area contributed by atoms with Crippen LogP contribution < -0.4 is 0 Å². The van der Waals surface area contributed by atoms with Gasteiger partial charge in [0, 0.05) is 32.7 Å². The smallest absolute Gasteiger partial charge is 0.270 e. The van der Waals surface area contributed by atoms with E-state index in [1.54, 1.807) is 11.3 Å². The van der Waals surface area contributed by atoms with E-state index in [9.17, 15) is 4.79 Å². The lowest BCUT2D eigenvalue weighted by Crippen LogP contribution is -2.47. The molecule has 0 bridgehead atoms. The minimum absolute atomic E-state index is 0.145. The number of fused-ring (bicyclic) bond motifs is 1. The van der Waals surface area contributed by atoms with Crippen molar-refractivity contribution in [3.63, 3.8) is 0 Å². The Morgan fingerprint density at radius 2 is 1.88 bits per heavy atom. The first-order valence-electron chi connectivity index (χ1n) is 8.84. The zero-order chi connectivity index (χ0) is 18.3. The molecule has 4 rings (SSSR count). The molecular formula is C20H22BrN3OS. The Kier molecular flexibility index (Phi) is 4.90. The molecule has 1 fully saturated rings. The van der Waals surface area contributed by atoms with Crippen LogP contribution in [0.4, 0.5) is 0 Å². The zero-order valence-electron chi connectivity index (χ0n) is 15.0. The van der Waals surface area contributed by atoms with E-state index in [1.165, 1.54) is 11.1 Å². The van der Waals surface area contributed by atoms with Gasteiger partial charge in [-0.05, 0) is 53.2 Å². The number of amides is 1. The van der Waals surface area contributed by atoms with Gasteiger partial charge in [-0.25, -0.2) is 0 Å². The van der Waals surface area contributed by atoms with Crippen LogP contribution in [0.5, 0.6) is 0 Å². The second kappa shape index (κ2) is 7.18. The summed E-state index contributed by atoms with van der Waals surface area (Å²) in [6.07, 6.45) is 0. The third-order valence-corrected chi connectivity index (χ3v) is 6.73. The quantitative estimate of drug-likeness (QED) is 0.621. The molecule has 0 unspecified atom stereocenters. The molecule has 1 aromatic carbocycles. The molecule has 0 N–H and O–H groups in total. The largest absolute Gasteiger partial charge is 0.335 e. The fourth-order valence-electron chi connectivity index (χ4n) is 3.49. The Bertz CT molecular complexity index is 953. The summed E-state index contributed by atoms with van der Waals surface area (Å²) in [6, 6.07) is 12.6. The monoisotopic (exact) mass is 431 g/mol. The van der Waals surface area contributed by atoms with Crippen LogP contribution in [0.2, 0.25) is 0 Å². The van der Waals surface area contributed by atoms with E-state index in [2.05, 4.69) is 75.8 Å². The predicted octanol–water partition coefficient (Wildman–Crippen LogP) is 4.21. The third-order valence-electron chi connectivity index (χ3n) is 5.16. The van der Waals surface area contributed by atoms with Gasteiger partial charge in [-0.2, -0.15) is 0 Å². The number of rotatable bonds is 3. The maximum atomic E-state index is 13.2. The highest BCUT2D eigenvalue weighted by Gasteiger charge is 2.25. The van der Waals surface area contributed by atoms with Crippen LogP contribution >= 0.6 is 27.3 Å². The molecule has 0 spiro atoms. The van der Waals surface area contributed by atoms with E-state index in [0.717, 1.165) is 45.9 Å². The second-order valence-electron chi connectivity index (χ2n) is 6.94. The number of aromatic nitrogens is 1. The molecule has 3 aromatic rings. The van der Waals surface area contributed by atoms with Gasteiger partial charge in [0.05, 0.1) is 14.0 Å². The number of carbonyl (C=O) groups excluding carboxylic acids is 1. The van der Waals surface area contributed by atoms with Crippen molar-refractivity contribution in [2.24, 2.45) is 0 Å². The maximum absolute atomic E-state index is 13.2. The number of benzene rings is 1. The van der Waals surface area contributed by atoms with Gasteiger partial charge >= 0.3 is 0 Å². The van der Waals surface area contributed by atoms with Gasteiger partial charge in [0.2, 0.25) is 0 Å². The van der Waals surface area contributed by atoms with Gasteiger partial charge in [-0.3, -0.25) is 4.79 Å². The molecule has 6 heteroatoms. The first kappa shape index (κ1) is 17.8. The predicted molar refractivity (Wildman–Crippen MR) is 111 cm³/mol. The Labute approximate surface area is 166 Å². The van der Waals surface area contributed by atoms with E-state index >= 15 is 0 Å². The van der Waals surface area contributed by atoms with Gasteiger partial charge < -0.3 is 14.4 Å². The number of piperazine rings is 1. The average molecular weight is 432 g/mol. The van der Waals surface area contributed by atoms with E-state index in [-0.39, 0.29) is 5.91 Å². The molecule has 3 heterocycles. The van der Waals surface area contributed by atoms with E-state index in [1.807, 2.05) is 4.90 Å². The molecule has 136 valence electrons. The summed E-state index contributed by atoms with van der Waals surface area (Å²) in [5.74, 6) is 0.145. The fourth-order valence-corrected chi connectivity index (χ4v) is 5.05. The molecule has 26 heavy (non-hydrogen) atoms. The summed E-state index contributed by atoms with van der Waals surface area (Å²) < 4.78 is 4.43. The molecule has 0 aliphatic carbocycles. The van der Waals surface area contributed by atoms with E-state index in [0.29, 0.717) is 6.54 Å². The number of thiophene rings is 1. The van der Waals surface area contributed by atoms with Gasteiger partial charge in [-0.1, -0.05) is 24.3 Å². The summed E-state index contributed by atoms with van der Waals surface area (Å²) in [5.41, 5.74) is 4.43. The van der Waals surface area contributed by atoms with Crippen molar-refractivity contribution in [3.05, 3.63) is 57.0 Å². The number of hydrogen-bond donors (Lipinski definition) is 0. The fraction of sp³-hybridized carbons (Fsp3) is 0.350. The number of likely N-dealkylation sites (N-methyl/N-ethyl adjacent to an activating group) is 1. The molecule has 0 atom stereocenters. The van der Waals surface area contributed by atoms with Crippen LogP contribution in [0.25, 0.3) is 10.2 Å². The maximum Gasteiger partial charge on any atom is 0.270 e. The molecule has 1 amide bonds. The Morgan fingerprint density at radius 1 is 1.15 bits per heavy atom. The van der Waals surface area contributed by atoms with Crippen molar-refractivity contribution in [3.8, 4) is 0 Å². The highest BCUT2D eigenvalue weighted by molar-refractivity contribution is 9.11. The highest BCUT2D eigenvalue weighted by Crippen LogP contribution is 2.33. The second-order valence-corrected chi connectivity index (χ2v) is 9.40.